The van der Waals surface area contributed by atoms with Crippen LogP contribution in [-0.2, 0) is 20.7 Å². The molecule has 1 N–H and O–H groups in total. The van der Waals surface area contributed by atoms with Gasteiger partial charge in [-0.2, -0.15) is 12.6 Å². The van der Waals surface area contributed by atoms with E-state index in [1.807, 2.05) is 19.1 Å². The molecule has 0 fully saturated rings. The molecular formula is C18H27NO3S. The van der Waals surface area contributed by atoms with Gasteiger partial charge in [0.15, 0.2) is 0 Å². The minimum Gasteiger partial charge on any atom is -0.464 e. The number of hydrogen-bond donors (Lipinski definition) is 2. The molecule has 0 radical (unpaired) electrons. The lowest BCUT2D eigenvalue weighted by molar-refractivity contribution is -0.146. The van der Waals surface area contributed by atoms with Crippen molar-refractivity contribution in [2.75, 3.05) is 12.4 Å². The van der Waals surface area contributed by atoms with Crippen LogP contribution in [0, 0.1) is 5.92 Å². The summed E-state index contributed by atoms with van der Waals surface area (Å²) in [6, 6.07) is 7.35. The Labute approximate surface area is 144 Å². The number of amides is 1. The average Bonchev–Trinajstić information content (AvgIpc) is 2.52. The molecule has 1 aromatic rings. The number of rotatable bonds is 8. The molecule has 0 spiro atoms. The van der Waals surface area contributed by atoms with Crippen LogP contribution in [0.2, 0.25) is 0 Å². The Morgan fingerprint density at radius 1 is 1.17 bits per heavy atom. The number of carbonyl (C=O) groups is 2. The zero-order valence-electron chi connectivity index (χ0n) is 14.3. The Balaban J connectivity index is 2.70. The molecule has 1 aromatic carbocycles. The first-order valence-corrected chi connectivity index (χ1v) is 8.69. The summed E-state index contributed by atoms with van der Waals surface area (Å²) in [5, 5.41) is 2.71. The van der Waals surface area contributed by atoms with E-state index in [1.54, 1.807) is 6.92 Å². The van der Waals surface area contributed by atoms with E-state index in [2.05, 4.69) is 43.9 Å². The van der Waals surface area contributed by atoms with Crippen LogP contribution in [0.3, 0.4) is 0 Å². The standard InChI is InChI=1S/C18H27NO3S/c1-5-22-18(21)16(11-23)19-17(20)13(4)15-8-6-14(7-9-15)10-12(2)3/h6-9,12-13,16,23H,5,10-11H2,1-4H3,(H,19,20)/t13?,16-/m0/s1. The van der Waals surface area contributed by atoms with E-state index in [-0.39, 0.29) is 24.2 Å². The highest BCUT2D eigenvalue weighted by Crippen LogP contribution is 2.18. The smallest absolute Gasteiger partial charge is 0.329 e. The first-order chi connectivity index (χ1) is 10.9. The van der Waals surface area contributed by atoms with Crippen LogP contribution in [0.5, 0.6) is 0 Å². The molecule has 0 aliphatic rings. The molecule has 1 rings (SSSR count). The topological polar surface area (TPSA) is 55.4 Å². The van der Waals surface area contributed by atoms with Gasteiger partial charge in [0.25, 0.3) is 0 Å². The molecular weight excluding hydrogens is 310 g/mol. The number of hydrogen-bond acceptors (Lipinski definition) is 4. The second kappa shape index (κ2) is 9.60. The van der Waals surface area contributed by atoms with E-state index in [0.29, 0.717) is 5.92 Å². The number of ether oxygens (including phenoxy) is 1. The monoisotopic (exact) mass is 337 g/mol. The van der Waals surface area contributed by atoms with Crippen LogP contribution in [0.25, 0.3) is 0 Å². The van der Waals surface area contributed by atoms with Gasteiger partial charge in [-0.25, -0.2) is 4.79 Å². The molecule has 4 nitrogen and oxygen atoms in total. The van der Waals surface area contributed by atoms with E-state index in [4.69, 9.17) is 4.74 Å². The molecule has 128 valence electrons. The predicted molar refractivity (Wildman–Crippen MR) is 95.8 cm³/mol. The van der Waals surface area contributed by atoms with Crippen LogP contribution >= 0.6 is 12.6 Å². The third-order valence-corrected chi connectivity index (χ3v) is 3.95. The number of benzene rings is 1. The maximum absolute atomic E-state index is 12.3. The van der Waals surface area contributed by atoms with Crippen molar-refractivity contribution >= 4 is 24.5 Å². The van der Waals surface area contributed by atoms with E-state index in [9.17, 15) is 9.59 Å². The summed E-state index contributed by atoms with van der Waals surface area (Å²) in [5.41, 5.74) is 2.19. The first kappa shape index (κ1) is 19.6. The fraction of sp³-hybridized carbons (Fsp3) is 0.556. The lowest BCUT2D eigenvalue weighted by Gasteiger charge is -2.18. The number of nitrogens with one attached hydrogen (secondary N) is 1. The van der Waals surface area contributed by atoms with Gasteiger partial charge in [0.2, 0.25) is 5.91 Å². The Hall–Kier alpha value is -1.49. The molecule has 0 heterocycles. The van der Waals surface area contributed by atoms with Crippen molar-refractivity contribution in [1.82, 2.24) is 5.32 Å². The normalized spacial score (nSPS) is 13.5. The van der Waals surface area contributed by atoms with Gasteiger partial charge in [0.1, 0.15) is 6.04 Å². The predicted octanol–water partition coefficient (Wildman–Crippen LogP) is 2.97. The molecule has 2 atom stereocenters. The largest absolute Gasteiger partial charge is 0.464 e. The highest BCUT2D eigenvalue weighted by atomic mass is 32.1. The summed E-state index contributed by atoms with van der Waals surface area (Å²) in [4.78, 5) is 24.1. The van der Waals surface area contributed by atoms with Gasteiger partial charge in [0.05, 0.1) is 12.5 Å². The number of esters is 1. The third kappa shape index (κ3) is 6.26. The van der Waals surface area contributed by atoms with Crippen LogP contribution in [0.1, 0.15) is 44.7 Å². The zero-order valence-corrected chi connectivity index (χ0v) is 15.2. The average molecular weight is 337 g/mol. The van der Waals surface area contributed by atoms with E-state index in [1.165, 1.54) is 5.56 Å². The minimum absolute atomic E-state index is 0.200. The SMILES string of the molecule is CCOC(=O)[C@H](CS)NC(=O)C(C)c1ccc(CC(C)C)cc1. The lowest BCUT2D eigenvalue weighted by Crippen LogP contribution is -2.44. The second-order valence-corrected chi connectivity index (χ2v) is 6.42. The van der Waals surface area contributed by atoms with Crippen LogP contribution in [-0.4, -0.2) is 30.3 Å². The maximum Gasteiger partial charge on any atom is 0.329 e. The molecule has 0 saturated carbocycles. The Morgan fingerprint density at radius 3 is 2.26 bits per heavy atom. The van der Waals surface area contributed by atoms with Crippen molar-refractivity contribution in [3.8, 4) is 0 Å². The summed E-state index contributed by atoms with van der Waals surface area (Å²) in [6.07, 6.45) is 1.02. The Bertz CT molecular complexity index is 514. The van der Waals surface area contributed by atoms with Gasteiger partial charge in [-0.3, -0.25) is 4.79 Å². The molecule has 0 aromatic heterocycles. The van der Waals surface area contributed by atoms with Crippen molar-refractivity contribution in [3.63, 3.8) is 0 Å². The first-order valence-electron chi connectivity index (χ1n) is 8.05. The quantitative estimate of drug-likeness (QED) is 0.566. The molecule has 0 aliphatic heterocycles. The van der Waals surface area contributed by atoms with Crippen LogP contribution < -0.4 is 5.32 Å². The molecule has 0 bridgehead atoms. The number of thiol groups is 1. The van der Waals surface area contributed by atoms with Crippen molar-refractivity contribution in [3.05, 3.63) is 35.4 Å². The van der Waals surface area contributed by atoms with E-state index < -0.39 is 12.0 Å². The third-order valence-electron chi connectivity index (χ3n) is 3.59. The summed E-state index contributed by atoms with van der Waals surface area (Å²) in [6.45, 7) is 8.20. The van der Waals surface area contributed by atoms with Crippen LogP contribution in [0.4, 0.5) is 0 Å². The van der Waals surface area contributed by atoms with Crippen LogP contribution in [0.15, 0.2) is 24.3 Å². The summed E-state index contributed by atoms with van der Waals surface area (Å²) in [7, 11) is 0. The summed E-state index contributed by atoms with van der Waals surface area (Å²) < 4.78 is 4.93. The molecule has 1 amide bonds. The molecule has 23 heavy (non-hydrogen) atoms. The Kier molecular flexibility index (Phi) is 8.17. The highest BCUT2D eigenvalue weighted by molar-refractivity contribution is 7.80. The molecule has 0 saturated heterocycles. The lowest BCUT2D eigenvalue weighted by atomic mass is 9.96. The van der Waals surface area contributed by atoms with Gasteiger partial charge in [-0.05, 0) is 37.3 Å². The van der Waals surface area contributed by atoms with Gasteiger partial charge < -0.3 is 10.1 Å². The summed E-state index contributed by atoms with van der Waals surface area (Å²) in [5.74, 6) is -0.170. The fourth-order valence-electron chi connectivity index (χ4n) is 2.28. The molecule has 5 heteroatoms. The molecule has 1 unspecified atom stereocenters. The minimum atomic E-state index is -0.714. The van der Waals surface area contributed by atoms with Crippen molar-refractivity contribution in [2.24, 2.45) is 5.92 Å². The second-order valence-electron chi connectivity index (χ2n) is 6.06. The van der Waals surface area contributed by atoms with Crippen molar-refractivity contribution in [2.45, 2.75) is 46.1 Å². The van der Waals surface area contributed by atoms with Gasteiger partial charge in [-0.1, -0.05) is 38.1 Å². The van der Waals surface area contributed by atoms with Gasteiger partial charge >= 0.3 is 5.97 Å². The van der Waals surface area contributed by atoms with E-state index >= 15 is 0 Å². The van der Waals surface area contributed by atoms with Gasteiger partial charge in [0, 0.05) is 5.75 Å². The van der Waals surface area contributed by atoms with Crippen molar-refractivity contribution < 1.29 is 14.3 Å². The fourth-order valence-corrected chi connectivity index (χ4v) is 2.52. The zero-order chi connectivity index (χ0) is 17.4. The maximum atomic E-state index is 12.3. The van der Waals surface area contributed by atoms with Crippen molar-refractivity contribution in [1.29, 1.82) is 0 Å². The van der Waals surface area contributed by atoms with E-state index in [0.717, 1.165) is 12.0 Å². The number of carbonyl (C=O) groups excluding carboxylic acids is 2. The Morgan fingerprint density at radius 2 is 1.78 bits per heavy atom. The molecule has 0 aliphatic carbocycles. The summed E-state index contributed by atoms with van der Waals surface area (Å²) >= 11 is 4.11. The van der Waals surface area contributed by atoms with Gasteiger partial charge in [-0.15, -0.1) is 0 Å². The highest BCUT2D eigenvalue weighted by Gasteiger charge is 2.24.